The molecule has 0 bridgehead atoms. The Hall–Kier alpha value is -1.06. The summed E-state index contributed by atoms with van der Waals surface area (Å²) < 4.78 is 48.4. The van der Waals surface area contributed by atoms with Gasteiger partial charge < -0.3 is 0 Å². The minimum Gasteiger partial charge on any atom is -0.207 e. The molecule has 0 saturated carbocycles. The van der Waals surface area contributed by atoms with E-state index < -0.39 is 17.6 Å². The lowest BCUT2D eigenvalue weighted by atomic mass is 10.1. The van der Waals surface area contributed by atoms with Crippen molar-refractivity contribution in [1.29, 1.82) is 0 Å². The van der Waals surface area contributed by atoms with Gasteiger partial charge in [0.2, 0.25) is 0 Å². The molecule has 0 fully saturated rings. The minimum absolute atomic E-state index is 0.211. The Morgan fingerprint density at radius 3 is 1.93 bits per heavy atom. The molecule has 0 spiro atoms. The fourth-order valence-electron chi connectivity index (χ4n) is 0.769. The van der Waals surface area contributed by atoms with Crippen LogP contribution in [-0.2, 0) is 6.18 Å². The van der Waals surface area contributed by atoms with Crippen molar-refractivity contribution in [2.24, 2.45) is 0 Å². The lowest BCUT2D eigenvalue weighted by Gasteiger charge is -2.06. The van der Waals surface area contributed by atoms with E-state index in [1.165, 1.54) is 6.92 Å². The summed E-state index contributed by atoms with van der Waals surface area (Å²) in [5.41, 5.74) is -0.742. The van der Waals surface area contributed by atoms with Gasteiger partial charge in [-0.1, -0.05) is 19.9 Å². The number of rotatable bonds is 0. The largest absolute Gasteiger partial charge is 0.416 e. The average molecular weight is 208 g/mol. The number of hydrogen-bond donors (Lipinski definition) is 0. The molecule has 4 heteroatoms. The standard InChI is InChI=1S/C8H6F4.C2H6/c1-5-2-3-6(4-7(5)9)8(10,11)12;1-2/h2-4H,1H3;1-2H3. The van der Waals surface area contributed by atoms with Crippen LogP contribution in [0.25, 0.3) is 0 Å². The van der Waals surface area contributed by atoms with Gasteiger partial charge in [-0.15, -0.1) is 0 Å². The highest BCUT2D eigenvalue weighted by Crippen LogP contribution is 2.29. The Labute approximate surface area is 80.6 Å². The van der Waals surface area contributed by atoms with Gasteiger partial charge in [-0.3, -0.25) is 0 Å². The maximum atomic E-state index is 12.6. The SMILES string of the molecule is CC.Cc1ccc(C(F)(F)F)cc1F. The van der Waals surface area contributed by atoms with Crippen molar-refractivity contribution in [2.75, 3.05) is 0 Å². The molecule has 0 unspecified atom stereocenters. The molecule has 80 valence electrons. The van der Waals surface area contributed by atoms with E-state index in [9.17, 15) is 17.6 Å². The van der Waals surface area contributed by atoms with Crippen molar-refractivity contribution in [3.8, 4) is 0 Å². The van der Waals surface area contributed by atoms with E-state index in [-0.39, 0.29) is 5.56 Å². The summed E-state index contributed by atoms with van der Waals surface area (Å²) in [7, 11) is 0. The molecular weight excluding hydrogens is 196 g/mol. The smallest absolute Gasteiger partial charge is 0.207 e. The van der Waals surface area contributed by atoms with Gasteiger partial charge in [0.05, 0.1) is 5.56 Å². The normalized spacial score (nSPS) is 10.5. The molecule has 14 heavy (non-hydrogen) atoms. The van der Waals surface area contributed by atoms with E-state index in [0.29, 0.717) is 6.07 Å². The molecule has 0 amide bonds. The van der Waals surface area contributed by atoms with E-state index in [1.54, 1.807) is 0 Å². The molecule has 0 heterocycles. The van der Waals surface area contributed by atoms with Gasteiger partial charge in [0.1, 0.15) is 5.82 Å². The van der Waals surface area contributed by atoms with Crippen molar-refractivity contribution in [1.82, 2.24) is 0 Å². The summed E-state index contributed by atoms with van der Waals surface area (Å²) >= 11 is 0. The van der Waals surface area contributed by atoms with E-state index >= 15 is 0 Å². The topological polar surface area (TPSA) is 0 Å². The van der Waals surface area contributed by atoms with E-state index in [1.807, 2.05) is 13.8 Å². The Kier molecular flexibility index (Phi) is 4.60. The minimum atomic E-state index is -4.46. The second-order valence-electron chi connectivity index (χ2n) is 2.46. The number of aryl methyl sites for hydroxylation is 1. The summed E-state index contributed by atoms with van der Waals surface area (Å²) in [6.45, 7) is 5.41. The molecular formula is C10H12F4. The van der Waals surface area contributed by atoms with Crippen LogP contribution in [0.2, 0.25) is 0 Å². The number of alkyl halides is 3. The van der Waals surface area contributed by atoms with Gasteiger partial charge in [0.15, 0.2) is 0 Å². The lowest BCUT2D eigenvalue weighted by molar-refractivity contribution is -0.137. The van der Waals surface area contributed by atoms with Crippen LogP contribution in [0.15, 0.2) is 18.2 Å². The van der Waals surface area contributed by atoms with Gasteiger partial charge in [-0.25, -0.2) is 4.39 Å². The first-order valence-electron chi connectivity index (χ1n) is 4.24. The first-order valence-corrected chi connectivity index (χ1v) is 4.24. The predicted molar refractivity (Wildman–Crippen MR) is 47.5 cm³/mol. The molecule has 1 aromatic rings. The van der Waals surface area contributed by atoms with Crippen LogP contribution in [0.5, 0.6) is 0 Å². The number of halogens is 4. The highest BCUT2D eigenvalue weighted by Gasteiger charge is 2.30. The first kappa shape index (κ1) is 12.9. The van der Waals surface area contributed by atoms with E-state index in [4.69, 9.17) is 0 Å². The second-order valence-corrected chi connectivity index (χ2v) is 2.46. The summed E-state index contributed by atoms with van der Waals surface area (Å²) in [4.78, 5) is 0. The molecule has 0 atom stereocenters. The van der Waals surface area contributed by atoms with Crippen LogP contribution in [0.1, 0.15) is 25.0 Å². The predicted octanol–water partition coefficient (Wildman–Crippen LogP) is 4.18. The van der Waals surface area contributed by atoms with Crippen molar-refractivity contribution in [2.45, 2.75) is 26.9 Å². The molecule has 0 aromatic heterocycles. The summed E-state index contributed by atoms with van der Waals surface area (Å²) in [6.07, 6.45) is -4.46. The zero-order valence-electron chi connectivity index (χ0n) is 8.24. The van der Waals surface area contributed by atoms with Crippen LogP contribution in [0, 0.1) is 12.7 Å². The lowest BCUT2D eigenvalue weighted by Crippen LogP contribution is -2.05. The fourth-order valence-corrected chi connectivity index (χ4v) is 0.769. The van der Waals surface area contributed by atoms with Gasteiger partial charge >= 0.3 is 6.18 Å². The molecule has 0 saturated heterocycles. The van der Waals surface area contributed by atoms with Crippen LogP contribution in [0.4, 0.5) is 17.6 Å². The zero-order chi connectivity index (χ0) is 11.4. The van der Waals surface area contributed by atoms with Gasteiger partial charge in [0.25, 0.3) is 0 Å². The Morgan fingerprint density at radius 1 is 1.07 bits per heavy atom. The van der Waals surface area contributed by atoms with Gasteiger partial charge in [-0.05, 0) is 24.6 Å². The van der Waals surface area contributed by atoms with E-state index in [2.05, 4.69) is 0 Å². The van der Waals surface area contributed by atoms with Gasteiger partial charge in [0, 0.05) is 0 Å². The van der Waals surface area contributed by atoms with Crippen molar-refractivity contribution >= 4 is 0 Å². The quantitative estimate of drug-likeness (QED) is 0.561. The highest BCUT2D eigenvalue weighted by molar-refractivity contribution is 5.25. The third kappa shape index (κ3) is 3.36. The monoisotopic (exact) mass is 208 g/mol. The summed E-state index contributed by atoms with van der Waals surface area (Å²) in [5.74, 6) is -0.829. The summed E-state index contributed by atoms with van der Waals surface area (Å²) in [5, 5.41) is 0. The number of hydrogen-bond acceptors (Lipinski definition) is 0. The third-order valence-electron chi connectivity index (χ3n) is 1.50. The highest BCUT2D eigenvalue weighted by atomic mass is 19.4. The molecule has 0 aliphatic heterocycles. The van der Waals surface area contributed by atoms with Crippen LogP contribution in [0.3, 0.4) is 0 Å². The van der Waals surface area contributed by atoms with Crippen LogP contribution >= 0.6 is 0 Å². The fraction of sp³-hybridized carbons (Fsp3) is 0.400. The Morgan fingerprint density at radius 2 is 1.57 bits per heavy atom. The number of benzene rings is 1. The van der Waals surface area contributed by atoms with Crippen LogP contribution < -0.4 is 0 Å². The van der Waals surface area contributed by atoms with E-state index in [0.717, 1.165) is 12.1 Å². The van der Waals surface area contributed by atoms with Crippen molar-refractivity contribution in [3.63, 3.8) is 0 Å². The molecule has 1 rings (SSSR count). The molecule has 0 N–H and O–H groups in total. The van der Waals surface area contributed by atoms with Crippen molar-refractivity contribution in [3.05, 3.63) is 35.1 Å². The maximum Gasteiger partial charge on any atom is 0.416 e. The molecule has 0 aliphatic rings. The second kappa shape index (κ2) is 4.98. The van der Waals surface area contributed by atoms with Crippen molar-refractivity contribution < 1.29 is 17.6 Å². The molecule has 0 aliphatic carbocycles. The molecule has 0 radical (unpaired) electrons. The summed E-state index contributed by atoms with van der Waals surface area (Å²) in [6, 6.07) is 2.46. The average Bonchev–Trinajstić information content (AvgIpc) is 2.11. The van der Waals surface area contributed by atoms with Gasteiger partial charge in [-0.2, -0.15) is 13.2 Å². The molecule has 0 nitrogen and oxygen atoms in total. The Bertz CT molecular complexity index is 289. The Balaban J connectivity index is 0.000000791. The third-order valence-corrected chi connectivity index (χ3v) is 1.50. The maximum absolute atomic E-state index is 12.6. The van der Waals surface area contributed by atoms with Crippen LogP contribution in [-0.4, -0.2) is 0 Å². The molecule has 1 aromatic carbocycles. The first-order chi connectivity index (χ1) is 6.41. The zero-order valence-corrected chi connectivity index (χ0v) is 8.24.